The van der Waals surface area contributed by atoms with Crippen molar-refractivity contribution >= 4 is 11.6 Å². The van der Waals surface area contributed by atoms with E-state index in [1.807, 2.05) is 24.3 Å². The van der Waals surface area contributed by atoms with Gasteiger partial charge in [0.25, 0.3) is 0 Å². The molecule has 0 fully saturated rings. The fourth-order valence-electron chi connectivity index (χ4n) is 1.83. The number of hydrogen-bond donors (Lipinski definition) is 1. The van der Waals surface area contributed by atoms with Crippen molar-refractivity contribution in [3.05, 3.63) is 64.4 Å². The number of hydrogen-bond acceptors (Lipinski definition) is 2. The van der Waals surface area contributed by atoms with Crippen molar-refractivity contribution in [2.24, 2.45) is 0 Å². The predicted octanol–water partition coefficient (Wildman–Crippen LogP) is 4.17. The quantitative estimate of drug-likeness (QED) is 0.863. The molecule has 0 amide bonds. The van der Waals surface area contributed by atoms with Crippen molar-refractivity contribution in [1.82, 2.24) is 5.32 Å². The van der Waals surface area contributed by atoms with Crippen LogP contribution in [0.25, 0.3) is 0 Å². The molecule has 2 aromatic carbocycles. The summed E-state index contributed by atoms with van der Waals surface area (Å²) in [6.07, 6.45) is 0. The summed E-state index contributed by atoms with van der Waals surface area (Å²) in [5, 5.41) is 3.80. The lowest BCUT2D eigenvalue weighted by Gasteiger charge is -2.10. The van der Waals surface area contributed by atoms with Crippen molar-refractivity contribution in [2.75, 3.05) is 6.54 Å². The van der Waals surface area contributed by atoms with Crippen LogP contribution in [0.5, 0.6) is 5.75 Å². The Balaban J connectivity index is 1.99. The zero-order valence-corrected chi connectivity index (χ0v) is 12.1. The molecule has 0 atom stereocenters. The van der Waals surface area contributed by atoms with E-state index in [4.69, 9.17) is 16.3 Å². The van der Waals surface area contributed by atoms with E-state index >= 15 is 0 Å². The molecule has 2 nitrogen and oxygen atoms in total. The molecule has 2 aromatic rings. The highest BCUT2D eigenvalue weighted by molar-refractivity contribution is 6.32. The molecule has 0 aliphatic rings. The molecule has 0 aliphatic heterocycles. The second-order valence-corrected chi connectivity index (χ2v) is 4.87. The minimum absolute atomic E-state index is 0.266. The Hall–Kier alpha value is -1.58. The Bertz CT molecular complexity index is 574. The summed E-state index contributed by atoms with van der Waals surface area (Å²) >= 11 is 6.18. The van der Waals surface area contributed by atoms with Crippen LogP contribution in [-0.4, -0.2) is 6.54 Å². The molecule has 0 spiro atoms. The monoisotopic (exact) mass is 293 g/mol. The molecule has 0 saturated heterocycles. The maximum atomic E-state index is 13.1. The lowest BCUT2D eigenvalue weighted by atomic mass is 10.2. The van der Waals surface area contributed by atoms with Gasteiger partial charge in [0, 0.05) is 6.54 Å². The SMILES string of the molecule is CCNCc1ccc(OCc2cccc(F)c2)c(Cl)c1. The van der Waals surface area contributed by atoms with E-state index in [2.05, 4.69) is 12.2 Å². The van der Waals surface area contributed by atoms with Crippen molar-refractivity contribution in [2.45, 2.75) is 20.1 Å². The summed E-state index contributed by atoms with van der Waals surface area (Å²) in [5.74, 6) is 0.342. The predicted molar refractivity (Wildman–Crippen MR) is 79.6 cm³/mol. The molecule has 20 heavy (non-hydrogen) atoms. The van der Waals surface area contributed by atoms with Crippen LogP contribution in [0.1, 0.15) is 18.1 Å². The number of benzene rings is 2. The van der Waals surface area contributed by atoms with Gasteiger partial charge in [0.15, 0.2) is 0 Å². The third kappa shape index (κ3) is 4.22. The highest BCUT2D eigenvalue weighted by Gasteiger charge is 2.04. The third-order valence-electron chi connectivity index (χ3n) is 2.86. The van der Waals surface area contributed by atoms with Crippen LogP contribution < -0.4 is 10.1 Å². The number of ether oxygens (including phenoxy) is 1. The Kier molecular flexibility index (Phi) is 5.39. The molecule has 0 unspecified atom stereocenters. The Morgan fingerprint density at radius 3 is 2.70 bits per heavy atom. The van der Waals surface area contributed by atoms with Gasteiger partial charge in [-0.15, -0.1) is 0 Å². The van der Waals surface area contributed by atoms with E-state index in [1.54, 1.807) is 6.07 Å². The van der Waals surface area contributed by atoms with E-state index in [9.17, 15) is 4.39 Å². The third-order valence-corrected chi connectivity index (χ3v) is 3.15. The summed E-state index contributed by atoms with van der Waals surface area (Å²) in [5.41, 5.74) is 1.88. The highest BCUT2D eigenvalue weighted by Crippen LogP contribution is 2.26. The molecule has 106 valence electrons. The van der Waals surface area contributed by atoms with Gasteiger partial charge in [0.05, 0.1) is 5.02 Å². The van der Waals surface area contributed by atoms with Crippen molar-refractivity contribution in [3.8, 4) is 5.75 Å². The Morgan fingerprint density at radius 2 is 2.00 bits per heavy atom. The summed E-state index contributed by atoms with van der Waals surface area (Å²) < 4.78 is 18.7. The lowest BCUT2D eigenvalue weighted by molar-refractivity contribution is 0.305. The number of nitrogens with one attached hydrogen (secondary N) is 1. The standard InChI is InChI=1S/C16H17ClFNO/c1-2-19-10-12-6-7-16(15(17)9-12)20-11-13-4-3-5-14(18)8-13/h3-9,19H,2,10-11H2,1H3. The first-order chi connectivity index (χ1) is 9.69. The number of halogens is 2. The van der Waals surface area contributed by atoms with Crippen LogP contribution in [0.15, 0.2) is 42.5 Å². The topological polar surface area (TPSA) is 21.3 Å². The zero-order valence-electron chi connectivity index (χ0n) is 11.3. The van der Waals surface area contributed by atoms with Gasteiger partial charge >= 0.3 is 0 Å². The van der Waals surface area contributed by atoms with Gasteiger partial charge < -0.3 is 10.1 Å². The molecular weight excluding hydrogens is 277 g/mol. The van der Waals surface area contributed by atoms with Gasteiger partial charge in [0.1, 0.15) is 18.2 Å². The minimum Gasteiger partial charge on any atom is -0.487 e. The van der Waals surface area contributed by atoms with Crippen LogP contribution in [0.4, 0.5) is 4.39 Å². The Labute approximate surface area is 123 Å². The fourth-order valence-corrected chi connectivity index (χ4v) is 2.09. The van der Waals surface area contributed by atoms with Gasteiger partial charge in [-0.1, -0.05) is 36.7 Å². The first-order valence-corrected chi connectivity index (χ1v) is 6.93. The second-order valence-electron chi connectivity index (χ2n) is 4.46. The lowest BCUT2D eigenvalue weighted by Crippen LogP contribution is -2.11. The average Bonchev–Trinajstić information content (AvgIpc) is 2.44. The van der Waals surface area contributed by atoms with Gasteiger partial charge in [-0.25, -0.2) is 4.39 Å². The first-order valence-electron chi connectivity index (χ1n) is 6.55. The summed E-state index contributed by atoms with van der Waals surface area (Å²) in [6, 6.07) is 12.0. The van der Waals surface area contributed by atoms with E-state index in [-0.39, 0.29) is 5.82 Å². The van der Waals surface area contributed by atoms with Crippen LogP contribution in [0, 0.1) is 5.82 Å². The molecule has 0 saturated carbocycles. The normalized spacial score (nSPS) is 10.6. The Morgan fingerprint density at radius 1 is 1.15 bits per heavy atom. The zero-order chi connectivity index (χ0) is 14.4. The molecule has 0 aliphatic carbocycles. The van der Waals surface area contributed by atoms with Crippen molar-refractivity contribution in [3.63, 3.8) is 0 Å². The average molecular weight is 294 g/mol. The van der Waals surface area contributed by atoms with Crippen LogP contribution in [0.2, 0.25) is 5.02 Å². The van der Waals surface area contributed by atoms with Gasteiger partial charge in [-0.3, -0.25) is 0 Å². The van der Waals surface area contributed by atoms with Gasteiger partial charge in [-0.2, -0.15) is 0 Å². The van der Waals surface area contributed by atoms with E-state index in [0.29, 0.717) is 17.4 Å². The van der Waals surface area contributed by atoms with E-state index < -0.39 is 0 Å². The van der Waals surface area contributed by atoms with Crippen molar-refractivity contribution < 1.29 is 9.13 Å². The molecule has 4 heteroatoms. The minimum atomic E-state index is -0.266. The molecular formula is C16H17ClFNO. The molecule has 0 aromatic heterocycles. The summed E-state index contributed by atoms with van der Waals surface area (Å²) in [7, 11) is 0. The van der Waals surface area contributed by atoms with Crippen LogP contribution in [-0.2, 0) is 13.2 Å². The van der Waals surface area contributed by atoms with Crippen LogP contribution >= 0.6 is 11.6 Å². The highest BCUT2D eigenvalue weighted by atomic mass is 35.5. The van der Waals surface area contributed by atoms with Crippen molar-refractivity contribution in [1.29, 1.82) is 0 Å². The molecule has 0 radical (unpaired) electrons. The van der Waals surface area contributed by atoms with Gasteiger partial charge in [0.2, 0.25) is 0 Å². The fraction of sp³-hybridized carbons (Fsp3) is 0.250. The van der Waals surface area contributed by atoms with Gasteiger partial charge in [-0.05, 0) is 41.9 Å². The van der Waals surface area contributed by atoms with E-state index in [1.165, 1.54) is 12.1 Å². The second kappa shape index (κ2) is 7.27. The summed E-state index contributed by atoms with van der Waals surface area (Å²) in [4.78, 5) is 0. The largest absolute Gasteiger partial charge is 0.487 e. The number of rotatable bonds is 6. The van der Waals surface area contributed by atoms with Crippen LogP contribution in [0.3, 0.4) is 0 Å². The molecule has 1 N–H and O–H groups in total. The summed E-state index contributed by atoms with van der Waals surface area (Å²) in [6.45, 7) is 4.04. The maximum absolute atomic E-state index is 13.1. The van der Waals surface area contributed by atoms with E-state index in [0.717, 1.165) is 24.2 Å². The molecule has 0 heterocycles. The smallest absolute Gasteiger partial charge is 0.138 e. The maximum Gasteiger partial charge on any atom is 0.138 e. The first kappa shape index (κ1) is 14.8. The molecule has 0 bridgehead atoms. The molecule has 2 rings (SSSR count).